The Morgan fingerprint density at radius 3 is 2.51 bits per heavy atom. The van der Waals surface area contributed by atoms with Crippen LogP contribution in [0.4, 0.5) is 0 Å². The van der Waals surface area contributed by atoms with E-state index in [1.165, 1.54) is 43.6 Å². The van der Waals surface area contributed by atoms with Crippen molar-refractivity contribution >= 4 is 34.5 Å². The molecule has 0 spiro atoms. The molecule has 186 valence electrons. The zero-order chi connectivity index (χ0) is 24.0. The molecule has 0 radical (unpaired) electrons. The molecule has 2 unspecified atom stereocenters. The van der Waals surface area contributed by atoms with E-state index in [1.54, 1.807) is 0 Å². The third-order valence-corrected chi connectivity index (χ3v) is 8.92. The zero-order valence-electron chi connectivity index (χ0n) is 20.1. The second kappa shape index (κ2) is 12.1. The third-order valence-electron chi connectivity index (χ3n) is 7.63. The lowest BCUT2D eigenvalue weighted by molar-refractivity contribution is 0.142. The molecule has 2 atom stereocenters. The number of para-hydroxylation sites is 1. The van der Waals surface area contributed by atoms with Gasteiger partial charge in [0.05, 0.1) is 6.61 Å². The van der Waals surface area contributed by atoms with Crippen molar-refractivity contribution in [3.05, 3.63) is 86.5 Å². The van der Waals surface area contributed by atoms with Crippen LogP contribution in [0.5, 0.6) is 5.75 Å². The van der Waals surface area contributed by atoms with Crippen molar-refractivity contribution in [3.8, 4) is 5.75 Å². The number of piperidine rings is 1. The maximum absolute atomic E-state index is 6.49. The lowest BCUT2D eigenvalue weighted by Crippen LogP contribution is -2.39. The average molecular weight is 530 g/mol. The van der Waals surface area contributed by atoms with Gasteiger partial charge >= 0.3 is 0 Å². The maximum Gasteiger partial charge on any atom is 0.119 e. The average Bonchev–Trinajstić information content (AvgIpc) is 3.53. The molecule has 2 aromatic carbocycles. The van der Waals surface area contributed by atoms with Gasteiger partial charge in [0, 0.05) is 42.1 Å². The highest BCUT2D eigenvalue weighted by Gasteiger charge is 2.35. The molecule has 0 amide bonds. The summed E-state index contributed by atoms with van der Waals surface area (Å²) in [5, 5.41) is 6.03. The van der Waals surface area contributed by atoms with Gasteiger partial charge in [0.25, 0.3) is 0 Å². The van der Waals surface area contributed by atoms with Crippen LogP contribution >= 0.6 is 34.5 Å². The molecule has 5 rings (SSSR count). The van der Waals surface area contributed by atoms with Gasteiger partial charge in [-0.1, -0.05) is 47.5 Å². The van der Waals surface area contributed by atoms with Crippen LogP contribution in [-0.2, 0) is 6.54 Å². The number of hydrogen-bond donors (Lipinski definition) is 0. The van der Waals surface area contributed by atoms with E-state index in [9.17, 15) is 0 Å². The number of benzene rings is 2. The molecule has 0 aliphatic carbocycles. The van der Waals surface area contributed by atoms with Crippen LogP contribution < -0.4 is 4.74 Å². The van der Waals surface area contributed by atoms with E-state index in [2.05, 4.69) is 32.7 Å². The second-order valence-electron chi connectivity index (χ2n) is 10.0. The normalized spacial score (nSPS) is 22.0. The Balaban J connectivity index is 1.13. The molecule has 3 heterocycles. The van der Waals surface area contributed by atoms with Crippen LogP contribution in [0.25, 0.3) is 0 Å². The number of hydrogen-bond acceptors (Lipinski definition) is 4. The van der Waals surface area contributed by atoms with Crippen LogP contribution in [0, 0.1) is 11.8 Å². The second-order valence-corrected chi connectivity index (χ2v) is 11.7. The first kappa shape index (κ1) is 25.1. The lowest BCUT2D eigenvalue weighted by atomic mass is 9.88. The highest BCUT2D eigenvalue weighted by Crippen LogP contribution is 2.36. The van der Waals surface area contributed by atoms with E-state index in [0.29, 0.717) is 16.9 Å². The van der Waals surface area contributed by atoms with Gasteiger partial charge < -0.3 is 9.64 Å². The van der Waals surface area contributed by atoms with E-state index >= 15 is 0 Å². The largest absolute Gasteiger partial charge is 0.494 e. The summed E-state index contributed by atoms with van der Waals surface area (Å²) < 4.78 is 5.94. The van der Waals surface area contributed by atoms with Crippen molar-refractivity contribution in [1.29, 1.82) is 0 Å². The smallest absolute Gasteiger partial charge is 0.119 e. The molecule has 2 saturated heterocycles. The minimum absolute atomic E-state index is 0.587. The van der Waals surface area contributed by atoms with Crippen molar-refractivity contribution in [3.63, 3.8) is 0 Å². The summed E-state index contributed by atoms with van der Waals surface area (Å²) in [4.78, 5) is 5.28. The van der Waals surface area contributed by atoms with Gasteiger partial charge in [-0.15, -0.1) is 0 Å². The first-order valence-electron chi connectivity index (χ1n) is 12.7. The Morgan fingerprint density at radius 1 is 0.943 bits per heavy atom. The third kappa shape index (κ3) is 6.81. The maximum atomic E-state index is 6.49. The van der Waals surface area contributed by atoms with Crippen molar-refractivity contribution < 1.29 is 4.74 Å². The molecule has 0 saturated carbocycles. The van der Waals surface area contributed by atoms with Gasteiger partial charge in [-0.3, -0.25) is 4.90 Å². The number of rotatable bonds is 9. The van der Waals surface area contributed by atoms with E-state index in [1.807, 2.05) is 53.8 Å². The van der Waals surface area contributed by atoms with Crippen molar-refractivity contribution in [2.75, 3.05) is 39.3 Å². The Bertz CT molecular complexity index is 1050. The predicted octanol–water partition coefficient (Wildman–Crippen LogP) is 7.45. The molecule has 0 bridgehead atoms. The van der Waals surface area contributed by atoms with Gasteiger partial charge in [0.1, 0.15) is 5.75 Å². The predicted molar refractivity (Wildman–Crippen MR) is 148 cm³/mol. The summed E-state index contributed by atoms with van der Waals surface area (Å²) in [6, 6.07) is 18.4. The fourth-order valence-corrected chi connectivity index (χ4v) is 6.87. The standard InChI is InChI=1S/C29H34Cl2N2OS/c30-26-7-6-23(29(31)16-26)17-33-19-25(28(20-33)24-11-15-35-21-24)18-32-12-8-22(9-13-32)10-14-34-27-4-2-1-3-5-27/h1-7,11,15-16,21-22,25,28H,8-10,12-14,17-20H2. The molecule has 2 fully saturated rings. The molecule has 0 N–H and O–H groups in total. The number of ether oxygens (including phenoxy) is 1. The molecule has 6 heteroatoms. The minimum atomic E-state index is 0.587. The Morgan fingerprint density at radius 2 is 1.77 bits per heavy atom. The van der Waals surface area contributed by atoms with Crippen LogP contribution in [0.2, 0.25) is 10.0 Å². The van der Waals surface area contributed by atoms with Gasteiger partial charge in [0.15, 0.2) is 0 Å². The number of likely N-dealkylation sites (tertiary alicyclic amines) is 2. The van der Waals surface area contributed by atoms with Crippen molar-refractivity contribution in [1.82, 2.24) is 9.80 Å². The molecule has 1 aromatic heterocycles. The van der Waals surface area contributed by atoms with E-state index in [0.717, 1.165) is 49.4 Å². The summed E-state index contributed by atoms with van der Waals surface area (Å²) in [6.45, 7) is 7.49. The minimum Gasteiger partial charge on any atom is -0.494 e. The summed E-state index contributed by atoms with van der Waals surface area (Å²) in [6.07, 6.45) is 3.70. The highest BCUT2D eigenvalue weighted by atomic mass is 35.5. The first-order valence-corrected chi connectivity index (χ1v) is 14.4. The Kier molecular flexibility index (Phi) is 8.69. The lowest BCUT2D eigenvalue weighted by Gasteiger charge is -2.34. The summed E-state index contributed by atoms with van der Waals surface area (Å²) in [5.41, 5.74) is 2.66. The topological polar surface area (TPSA) is 15.7 Å². The number of thiophene rings is 1. The highest BCUT2D eigenvalue weighted by molar-refractivity contribution is 7.08. The van der Waals surface area contributed by atoms with E-state index in [-0.39, 0.29) is 0 Å². The monoisotopic (exact) mass is 528 g/mol. The molecular formula is C29H34Cl2N2OS. The first-order chi connectivity index (χ1) is 17.1. The van der Waals surface area contributed by atoms with Crippen molar-refractivity contribution in [2.45, 2.75) is 31.7 Å². The molecule has 35 heavy (non-hydrogen) atoms. The number of nitrogens with zero attached hydrogens (tertiary/aromatic N) is 2. The van der Waals surface area contributed by atoms with Gasteiger partial charge in [-0.25, -0.2) is 0 Å². The zero-order valence-corrected chi connectivity index (χ0v) is 22.4. The van der Waals surface area contributed by atoms with Gasteiger partial charge in [-0.2, -0.15) is 11.3 Å². The SMILES string of the molecule is Clc1ccc(CN2CC(CN3CCC(CCOc4ccccc4)CC3)C(c3ccsc3)C2)c(Cl)c1. The summed E-state index contributed by atoms with van der Waals surface area (Å²) in [5.74, 6) is 2.99. The van der Waals surface area contributed by atoms with Crippen LogP contribution in [0.1, 0.15) is 36.3 Å². The fourth-order valence-electron chi connectivity index (χ4n) is 5.68. The Hall–Kier alpha value is -1.56. The van der Waals surface area contributed by atoms with Crippen LogP contribution in [0.3, 0.4) is 0 Å². The summed E-state index contributed by atoms with van der Waals surface area (Å²) >= 11 is 14.4. The summed E-state index contributed by atoms with van der Waals surface area (Å²) in [7, 11) is 0. The van der Waals surface area contributed by atoms with Crippen LogP contribution in [-0.4, -0.2) is 49.1 Å². The fraction of sp³-hybridized carbons (Fsp3) is 0.448. The van der Waals surface area contributed by atoms with E-state index < -0.39 is 0 Å². The quantitative estimate of drug-likeness (QED) is 0.286. The Labute approximate surface area is 223 Å². The molecule has 2 aliphatic rings. The van der Waals surface area contributed by atoms with Crippen LogP contribution in [0.15, 0.2) is 65.4 Å². The molecule has 2 aliphatic heterocycles. The molecule has 3 aromatic rings. The van der Waals surface area contributed by atoms with E-state index in [4.69, 9.17) is 27.9 Å². The molecule has 3 nitrogen and oxygen atoms in total. The number of halogens is 2. The molecular weight excluding hydrogens is 495 g/mol. The van der Waals surface area contributed by atoms with Crippen molar-refractivity contribution in [2.24, 2.45) is 11.8 Å². The van der Waals surface area contributed by atoms with Gasteiger partial charge in [-0.05, 0) is 96.4 Å². The van der Waals surface area contributed by atoms with Gasteiger partial charge in [0.2, 0.25) is 0 Å².